The maximum atomic E-state index is 12.9. The molecular formula is C15H13ClN2O7. The fourth-order valence-corrected chi connectivity index (χ4v) is 3.11. The lowest BCUT2D eigenvalue weighted by Gasteiger charge is -2.26. The lowest BCUT2D eigenvalue weighted by atomic mass is 9.82. The highest BCUT2D eigenvalue weighted by atomic mass is 35.5. The molecule has 0 unspecified atom stereocenters. The second-order valence-electron chi connectivity index (χ2n) is 5.40. The Hall–Kier alpha value is -2.49. The van der Waals surface area contributed by atoms with Crippen molar-refractivity contribution in [2.75, 3.05) is 19.1 Å². The summed E-state index contributed by atoms with van der Waals surface area (Å²) in [5, 5.41) is 0.416. The van der Waals surface area contributed by atoms with Gasteiger partial charge in [0.15, 0.2) is 6.10 Å². The smallest absolute Gasteiger partial charge is 0.341 e. The van der Waals surface area contributed by atoms with Crippen LogP contribution in [-0.4, -0.2) is 49.6 Å². The number of nitrogens with zero attached hydrogens (tertiary/aromatic N) is 1. The van der Waals surface area contributed by atoms with E-state index in [-0.39, 0.29) is 5.69 Å². The minimum absolute atomic E-state index is 0.237. The van der Waals surface area contributed by atoms with Crippen molar-refractivity contribution < 1.29 is 33.5 Å². The number of benzene rings is 1. The van der Waals surface area contributed by atoms with Gasteiger partial charge in [0.05, 0.1) is 19.9 Å². The van der Waals surface area contributed by atoms with Gasteiger partial charge in [0.2, 0.25) is 5.91 Å². The molecule has 2 amide bonds. The number of esters is 2. The Balaban J connectivity index is 2.06. The van der Waals surface area contributed by atoms with Crippen molar-refractivity contribution in [3.63, 3.8) is 0 Å². The first kappa shape index (κ1) is 17.3. The van der Waals surface area contributed by atoms with Crippen molar-refractivity contribution >= 4 is 41.0 Å². The van der Waals surface area contributed by atoms with Crippen LogP contribution in [0.3, 0.4) is 0 Å². The number of hydrogen-bond donors (Lipinski definition) is 1. The molecule has 2 aliphatic rings. The fraction of sp³-hybridized carbons (Fsp3) is 0.333. The molecule has 25 heavy (non-hydrogen) atoms. The van der Waals surface area contributed by atoms with Crippen molar-refractivity contribution in [3.8, 4) is 0 Å². The number of rotatable bonds is 3. The summed E-state index contributed by atoms with van der Waals surface area (Å²) in [5.74, 6) is -5.16. The third-order valence-electron chi connectivity index (χ3n) is 4.17. The van der Waals surface area contributed by atoms with Gasteiger partial charge in [0.1, 0.15) is 5.92 Å². The molecule has 2 atom stereocenters. The third kappa shape index (κ3) is 2.31. The number of hydroxylamine groups is 1. The molecule has 0 bridgehead atoms. The van der Waals surface area contributed by atoms with Crippen molar-refractivity contribution in [1.82, 2.24) is 5.48 Å². The number of hydrogen-bond acceptors (Lipinski definition) is 8. The van der Waals surface area contributed by atoms with E-state index < -0.39 is 41.3 Å². The second kappa shape index (κ2) is 6.10. The molecule has 9 nitrogen and oxygen atoms in total. The summed E-state index contributed by atoms with van der Waals surface area (Å²) in [6.07, 6.45) is -1.37. The van der Waals surface area contributed by atoms with Crippen LogP contribution in [0.4, 0.5) is 5.69 Å². The van der Waals surface area contributed by atoms with E-state index >= 15 is 0 Å². The largest absolute Gasteiger partial charge is 0.467 e. The van der Waals surface area contributed by atoms with E-state index in [1.807, 2.05) is 0 Å². The molecule has 0 aliphatic carbocycles. The van der Waals surface area contributed by atoms with E-state index in [0.29, 0.717) is 5.02 Å². The number of carbonyl (C=O) groups excluding carboxylic acids is 4. The van der Waals surface area contributed by atoms with Gasteiger partial charge in [0, 0.05) is 5.02 Å². The quantitative estimate of drug-likeness (QED) is 0.444. The summed E-state index contributed by atoms with van der Waals surface area (Å²) in [5.41, 5.74) is 0.152. The normalized spacial score (nSPS) is 24.2. The minimum atomic E-state index is -2.26. The Kier molecular flexibility index (Phi) is 4.23. The Bertz CT molecular complexity index is 748. The van der Waals surface area contributed by atoms with Crippen LogP contribution in [0.2, 0.25) is 5.02 Å². The number of anilines is 1. The molecule has 1 aromatic rings. The summed E-state index contributed by atoms with van der Waals surface area (Å²) >= 11 is 5.81. The molecule has 2 aliphatic heterocycles. The van der Waals surface area contributed by atoms with E-state index in [0.717, 1.165) is 19.1 Å². The predicted octanol–water partition coefficient (Wildman–Crippen LogP) is -0.182. The van der Waals surface area contributed by atoms with Gasteiger partial charge in [-0.25, -0.2) is 14.5 Å². The third-order valence-corrected chi connectivity index (χ3v) is 4.42. The van der Waals surface area contributed by atoms with Crippen molar-refractivity contribution in [2.24, 2.45) is 5.92 Å². The summed E-state index contributed by atoms with van der Waals surface area (Å²) < 4.78 is 9.25. The molecule has 0 radical (unpaired) electrons. The molecule has 2 fully saturated rings. The van der Waals surface area contributed by atoms with Gasteiger partial charge in [-0.15, -0.1) is 0 Å². The Morgan fingerprint density at radius 1 is 1.12 bits per heavy atom. The Labute approximate surface area is 146 Å². The van der Waals surface area contributed by atoms with Gasteiger partial charge < -0.3 is 9.47 Å². The van der Waals surface area contributed by atoms with E-state index in [4.69, 9.17) is 16.4 Å². The summed E-state index contributed by atoms with van der Waals surface area (Å²) in [7, 11) is 2.08. The maximum Gasteiger partial charge on any atom is 0.341 e. The van der Waals surface area contributed by atoms with E-state index in [1.165, 1.54) is 24.3 Å². The monoisotopic (exact) mass is 368 g/mol. The number of fused-ring (bicyclic) bond motifs is 1. The fourth-order valence-electron chi connectivity index (χ4n) is 2.98. The van der Waals surface area contributed by atoms with Crippen molar-refractivity contribution in [1.29, 1.82) is 0 Å². The summed E-state index contributed by atoms with van der Waals surface area (Å²) in [6.45, 7) is 0. The highest BCUT2D eigenvalue weighted by Gasteiger charge is 2.71. The first-order chi connectivity index (χ1) is 11.9. The zero-order valence-corrected chi connectivity index (χ0v) is 13.9. The maximum absolute atomic E-state index is 12.9. The molecular weight excluding hydrogens is 356 g/mol. The lowest BCUT2D eigenvalue weighted by molar-refractivity contribution is -0.169. The van der Waals surface area contributed by atoms with Gasteiger partial charge in [-0.1, -0.05) is 11.6 Å². The number of amides is 2. The first-order valence-corrected chi connectivity index (χ1v) is 7.49. The molecule has 3 rings (SSSR count). The number of halogens is 1. The Morgan fingerprint density at radius 3 is 2.20 bits per heavy atom. The second-order valence-corrected chi connectivity index (χ2v) is 5.83. The zero-order chi connectivity index (χ0) is 18.4. The zero-order valence-electron chi connectivity index (χ0n) is 13.1. The minimum Gasteiger partial charge on any atom is -0.467 e. The molecule has 132 valence electrons. The lowest BCUT2D eigenvalue weighted by Crippen LogP contribution is -2.61. The molecule has 0 aromatic heterocycles. The highest BCUT2D eigenvalue weighted by Crippen LogP contribution is 2.40. The van der Waals surface area contributed by atoms with E-state index in [2.05, 4.69) is 15.0 Å². The van der Waals surface area contributed by atoms with Crippen LogP contribution in [-0.2, 0) is 33.5 Å². The molecule has 1 N–H and O–H groups in total. The SMILES string of the molecule is COC(=O)C1(C(=O)OC)NO[C@@H]2C(=O)N(c3ccc(Cl)cc3)C(=O)[C@@H]21. The topological polar surface area (TPSA) is 111 Å². The van der Waals surface area contributed by atoms with Crippen LogP contribution < -0.4 is 10.4 Å². The van der Waals surface area contributed by atoms with Gasteiger partial charge in [-0.3, -0.25) is 14.4 Å². The molecule has 2 saturated heterocycles. The number of imide groups is 1. The highest BCUT2D eigenvalue weighted by molar-refractivity contribution is 6.31. The predicted molar refractivity (Wildman–Crippen MR) is 82.2 cm³/mol. The van der Waals surface area contributed by atoms with Crippen molar-refractivity contribution in [3.05, 3.63) is 29.3 Å². The van der Waals surface area contributed by atoms with Crippen LogP contribution >= 0.6 is 11.6 Å². The number of methoxy groups -OCH3 is 2. The first-order valence-electron chi connectivity index (χ1n) is 7.11. The number of ether oxygens (including phenoxy) is 2. The summed E-state index contributed by atoms with van der Waals surface area (Å²) in [4.78, 5) is 55.9. The van der Waals surface area contributed by atoms with Gasteiger partial charge in [0.25, 0.3) is 11.4 Å². The van der Waals surface area contributed by atoms with Gasteiger partial charge in [-0.05, 0) is 24.3 Å². The van der Waals surface area contributed by atoms with Crippen LogP contribution in [0.5, 0.6) is 0 Å². The summed E-state index contributed by atoms with van der Waals surface area (Å²) in [6, 6.07) is 5.92. The molecule has 10 heteroatoms. The molecule has 1 aromatic carbocycles. The molecule has 2 heterocycles. The number of carbonyl (C=O) groups is 4. The average molecular weight is 369 g/mol. The van der Waals surface area contributed by atoms with Crippen LogP contribution in [0.1, 0.15) is 0 Å². The van der Waals surface area contributed by atoms with E-state index in [1.54, 1.807) is 0 Å². The molecule has 0 saturated carbocycles. The Morgan fingerprint density at radius 2 is 1.68 bits per heavy atom. The van der Waals surface area contributed by atoms with Crippen molar-refractivity contribution in [2.45, 2.75) is 11.6 Å². The average Bonchev–Trinajstić information content (AvgIpc) is 3.13. The molecule has 0 spiro atoms. The van der Waals surface area contributed by atoms with Crippen LogP contribution in [0, 0.1) is 5.92 Å². The van der Waals surface area contributed by atoms with Gasteiger partial charge >= 0.3 is 11.9 Å². The van der Waals surface area contributed by atoms with Crippen LogP contribution in [0.15, 0.2) is 24.3 Å². The van der Waals surface area contributed by atoms with E-state index in [9.17, 15) is 19.2 Å². The number of nitrogens with one attached hydrogen (secondary N) is 1. The van der Waals surface area contributed by atoms with Crippen LogP contribution in [0.25, 0.3) is 0 Å². The standard InChI is InChI=1S/C15H13ClN2O7/c1-23-13(21)15(14(22)24-2)9-10(25-17-15)12(20)18(11(9)19)8-5-3-7(16)4-6-8/h3-6,9-10,17H,1-2H3/t9-,10+/m1/s1. The van der Waals surface area contributed by atoms with Gasteiger partial charge in [-0.2, -0.15) is 5.48 Å².